The summed E-state index contributed by atoms with van der Waals surface area (Å²) in [7, 11) is 0. The van der Waals surface area contributed by atoms with Crippen molar-refractivity contribution in [3.8, 4) is 16.9 Å². The zero-order valence-corrected chi connectivity index (χ0v) is 17.4. The van der Waals surface area contributed by atoms with E-state index in [4.69, 9.17) is 32.7 Å². The van der Waals surface area contributed by atoms with Crippen LogP contribution in [-0.2, 0) is 11.3 Å². The lowest BCUT2D eigenvalue weighted by molar-refractivity contribution is 0.0522. The van der Waals surface area contributed by atoms with Crippen molar-refractivity contribution >= 4 is 29.3 Å². The second-order valence-corrected chi connectivity index (χ2v) is 7.82. The molecule has 0 radical (unpaired) electrons. The minimum atomic E-state index is -2.72. The summed E-state index contributed by atoms with van der Waals surface area (Å²) in [5.74, 6) is -0.785. The van der Waals surface area contributed by atoms with E-state index >= 15 is 0 Å². The molecule has 2 aromatic rings. The first-order valence-corrected chi connectivity index (χ1v) is 9.23. The first kappa shape index (κ1) is 23.1. The summed E-state index contributed by atoms with van der Waals surface area (Å²) < 4.78 is 49.7. The van der Waals surface area contributed by atoms with Crippen molar-refractivity contribution < 1.29 is 27.4 Å². The van der Waals surface area contributed by atoms with Crippen LogP contribution >= 0.6 is 23.2 Å². The fourth-order valence-corrected chi connectivity index (χ4v) is 2.83. The fraction of sp³-hybridized carbons (Fsp3) is 0.368. The molecule has 0 atom stereocenters. The third-order valence-corrected chi connectivity index (χ3v) is 3.89. The Morgan fingerprint density at radius 3 is 2.52 bits per heavy atom. The zero-order chi connectivity index (χ0) is 21.8. The summed E-state index contributed by atoms with van der Waals surface area (Å²) in [6.07, 6.45) is -2.13. The summed E-state index contributed by atoms with van der Waals surface area (Å²) in [5.41, 5.74) is -0.304. The predicted octanol–water partition coefficient (Wildman–Crippen LogP) is 5.86. The molecular weight excluding hydrogens is 432 g/mol. The molecule has 1 aromatic carbocycles. The molecule has 0 saturated heterocycles. The van der Waals surface area contributed by atoms with Gasteiger partial charge in [0.25, 0.3) is 6.43 Å². The van der Waals surface area contributed by atoms with E-state index in [0.29, 0.717) is 0 Å². The molecule has 0 aliphatic rings. The number of ether oxygens (including phenoxy) is 2. The SMILES string of the molecule is CC(C)(C)OC(=O)NCc1ncc(-c2cc(Cl)cc(Cl)c2OCC(F)F)cc1F. The average Bonchev–Trinajstić information content (AvgIpc) is 2.57. The number of hydrogen-bond acceptors (Lipinski definition) is 4. The van der Waals surface area contributed by atoms with Crippen molar-refractivity contribution in [2.24, 2.45) is 0 Å². The number of rotatable bonds is 6. The lowest BCUT2D eigenvalue weighted by atomic mass is 10.1. The van der Waals surface area contributed by atoms with Crippen LogP contribution < -0.4 is 10.1 Å². The van der Waals surface area contributed by atoms with Crippen LogP contribution in [0.25, 0.3) is 11.1 Å². The van der Waals surface area contributed by atoms with Gasteiger partial charge in [0.1, 0.15) is 23.8 Å². The van der Waals surface area contributed by atoms with E-state index in [1.807, 2.05) is 0 Å². The first-order chi connectivity index (χ1) is 13.5. The predicted molar refractivity (Wildman–Crippen MR) is 104 cm³/mol. The molecule has 10 heteroatoms. The lowest BCUT2D eigenvalue weighted by Crippen LogP contribution is -2.32. The van der Waals surface area contributed by atoms with E-state index in [-0.39, 0.29) is 39.2 Å². The van der Waals surface area contributed by atoms with E-state index in [1.165, 1.54) is 18.3 Å². The Balaban J connectivity index is 2.24. The molecule has 1 aromatic heterocycles. The molecule has 1 N–H and O–H groups in total. The number of benzene rings is 1. The Hall–Kier alpha value is -2.19. The van der Waals surface area contributed by atoms with Crippen LogP contribution in [0.5, 0.6) is 5.75 Å². The molecule has 0 fully saturated rings. The van der Waals surface area contributed by atoms with Gasteiger partial charge in [0.15, 0.2) is 0 Å². The molecule has 0 aliphatic carbocycles. The monoisotopic (exact) mass is 450 g/mol. The third-order valence-electron chi connectivity index (χ3n) is 3.39. The van der Waals surface area contributed by atoms with E-state index < -0.39 is 30.5 Å². The van der Waals surface area contributed by atoms with Crippen LogP contribution in [0, 0.1) is 5.82 Å². The van der Waals surface area contributed by atoms with Gasteiger partial charge in [-0.2, -0.15) is 0 Å². The molecule has 29 heavy (non-hydrogen) atoms. The number of nitrogens with one attached hydrogen (secondary N) is 1. The van der Waals surface area contributed by atoms with Crippen LogP contribution in [0.2, 0.25) is 10.0 Å². The minimum absolute atomic E-state index is 0.00391. The molecule has 1 heterocycles. The van der Waals surface area contributed by atoms with Gasteiger partial charge >= 0.3 is 6.09 Å². The number of carbonyl (C=O) groups is 1. The van der Waals surface area contributed by atoms with E-state index in [1.54, 1.807) is 20.8 Å². The van der Waals surface area contributed by atoms with Crippen LogP contribution in [0.1, 0.15) is 26.5 Å². The average molecular weight is 451 g/mol. The summed E-state index contributed by atoms with van der Waals surface area (Å²) in [5, 5.41) is 2.62. The van der Waals surface area contributed by atoms with E-state index in [9.17, 15) is 18.0 Å². The maximum Gasteiger partial charge on any atom is 0.407 e. The number of alkyl halides is 2. The van der Waals surface area contributed by atoms with Gasteiger partial charge in [0.05, 0.1) is 17.3 Å². The van der Waals surface area contributed by atoms with Crippen LogP contribution in [0.4, 0.5) is 18.0 Å². The van der Waals surface area contributed by atoms with Crippen molar-refractivity contribution in [2.45, 2.75) is 39.3 Å². The van der Waals surface area contributed by atoms with Gasteiger partial charge in [-0.1, -0.05) is 23.2 Å². The normalized spacial score (nSPS) is 11.5. The number of carbonyl (C=O) groups excluding carboxylic acids is 1. The van der Waals surface area contributed by atoms with Crippen molar-refractivity contribution in [3.05, 3.63) is 46.0 Å². The molecule has 0 bridgehead atoms. The number of pyridine rings is 1. The molecule has 0 aliphatic heterocycles. The number of nitrogens with zero attached hydrogens (tertiary/aromatic N) is 1. The van der Waals surface area contributed by atoms with Gasteiger partial charge < -0.3 is 14.8 Å². The number of hydrogen-bond donors (Lipinski definition) is 1. The quantitative estimate of drug-likeness (QED) is 0.598. The molecular formula is C19H19Cl2F3N2O3. The largest absolute Gasteiger partial charge is 0.485 e. The molecule has 5 nitrogen and oxygen atoms in total. The highest BCUT2D eigenvalue weighted by atomic mass is 35.5. The van der Waals surface area contributed by atoms with Gasteiger partial charge in [-0.15, -0.1) is 0 Å². The maximum atomic E-state index is 14.5. The highest BCUT2D eigenvalue weighted by Crippen LogP contribution is 2.39. The van der Waals surface area contributed by atoms with Gasteiger partial charge in [0.2, 0.25) is 0 Å². The maximum absolute atomic E-state index is 14.5. The summed E-state index contributed by atoms with van der Waals surface area (Å²) in [6, 6.07) is 3.86. The summed E-state index contributed by atoms with van der Waals surface area (Å²) in [4.78, 5) is 15.7. The molecule has 0 spiro atoms. The summed E-state index contributed by atoms with van der Waals surface area (Å²) in [6.45, 7) is 4.01. The van der Waals surface area contributed by atoms with Crippen molar-refractivity contribution in [3.63, 3.8) is 0 Å². The number of aromatic nitrogens is 1. The van der Waals surface area contributed by atoms with Gasteiger partial charge in [-0.25, -0.2) is 18.0 Å². The van der Waals surface area contributed by atoms with Crippen molar-refractivity contribution in [1.82, 2.24) is 10.3 Å². The minimum Gasteiger partial charge on any atom is -0.485 e. The Kier molecular flexibility index (Phi) is 7.60. The second-order valence-electron chi connectivity index (χ2n) is 6.97. The topological polar surface area (TPSA) is 60.5 Å². The molecule has 1 amide bonds. The smallest absolute Gasteiger partial charge is 0.407 e. The van der Waals surface area contributed by atoms with E-state index in [2.05, 4.69) is 10.3 Å². The Morgan fingerprint density at radius 1 is 1.24 bits per heavy atom. The standard InChI is InChI=1S/C19H19Cl2F3N2O3/c1-19(2,3)29-18(27)26-8-15-14(22)4-10(7-25-15)12-5-11(20)6-13(21)17(12)28-9-16(23)24/h4-7,16H,8-9H2,1-3H3,(H,26,27). The molecule has 2 rings (SSSR count). The fourth-order valence-electron chi connectivity index (χ4n) is 2.28. The molecule has 158 valence electrons. The van der Waals surface area contributed by atoms with Gasteiger partial charge in [-0.3, -0.25) is 4.98 Å². The summed E-state index contributed by atoms with van der Waals surface area (Å²) >= 11 is 12.0. The van der Waals surface area contributed by atoms with Gasteiger partial charge in [-0.05, 0) is 39.0 Å². The van der Waals surface area contributed by atoms with Crippen molar-refractivity contribution in [2.75, 3.05) is 6.61 Å². The Labute approximate surface area is 176 Å². The third kappa shape index (κ3) is 6.97. The van der Waals surface area contributed by atoms with Gasteiger partial charge in [0, 0.05) is 22.3 Å². The lowest BCUT2D eigenvalue weighted by Gasteiger charge is -2.19. The number of halogens is 5. The Morgan fingerprint density at radius 2 is 1.93 bits per heavy atom. The molecule has 0 unspecified atom stereocenters. The first-order valence-electron chi connectivity index (χ1n) is 8.48. The highest BCUT2D eigenvalue weighted by Gasteiger charge is 2.19. The van der Waals surface area contributed by atoms with E-state index in [0.717, 1.165) is 6.07 Å². The zero-order valence-electron chi connectivity index (χ0n) is 15.9. The van der Waals surface area contributed by atoms with Crippen LogP contribution in [0.3, 0.4) is 0 Å². The van der Waals surface area contributed by atoms with Crippen LogP contribution in [0.15, 0.2) is 24.4 Å². The molecule has 0 saturated carbocycles. The Bertz CT molecular complexity index is 890. The highest BCUT2D eigenvalue weighted by molar-refractivity contribution is 6.36. The number of alkyl carbamates (subject to hydrolysis) is 1. The van der Waals surface area contributed by atoms with Crippen LogP contribution in [-0.4, -0.2) is 29.7 Å². The van der Waals surface area contributed by atoms with Crippen molar-refractivity contribution in [1.29, 1.82) is 0 Å². The second kappa shape index (κ2) is 9.54. The number of amides is 1.